The summed E-state index contributed by atoms with van der Waals surface area (Å²) in [5.74, 6) is 2.10. The van der Waals surface area contributed by atoms with Crippen molar-refractivity contribution >= 4 is 27.2 Å². The predicted molar refractivity (Wildman–Crippen MR) is 94.6 cm³/mol. The van der Waals surface area contributed by atoms with Crippen LogP contribution in [0.25, 0.3) is 0 Å². The fourth-order valence-corrected chi connectivity index (χ4v) is 5.30. The molecule has 1 aromatic heterocycles. The van der Waals surface area contributed by atoms with E-state index in [1.807, 2.05) is 24.1 Å². The number of benzene rings is 1. The summed E-state index contributed by atoms with van der Waals surface area (Å²) < 4.78 is 23.4. The monoisotopic (exact) mass is 344 g/mol. The average Bonchev–Trinajstić information content (AvgIpc) is 3.17. The minimum absolute atomic E-state index is 0.0105. The summed E-state index contributed by atoms with van der Waals surface area (Å²) >= 11 is 0. The normalized spacial score (nSPS) is 21.7. The Labute approximate surface area is 142 Å². The molecule has 2 aliphatic rings. The first-order valence-corrected chi connectivity index (χ1v) is 9.96. The number of para-hydroxylation sites is 1. The van der Waals surface area contributed by atoms with Crippen LogP contribution in [0.2, 0.25) is 0 Å². The Morgan fingerprint density at radius 1 is 1.25 bits per heavy atom. The quantitative estimate of drug-likeness (QED) is 0.846. The van der Waals surface area contributed by atoms with Crippen LogP contribution in [0.4, 0.5) is 17.3 Å². The highest BCUT2D eigenvalue weighted by Crippen LogP contribution is 2.34. The standard InChI is InChI=1S/C17H20N4O2S/c1-20(14-7-9-24(22,23)11-14)16-10-17(19-12-18-16)21-8-6-13-4-2-3-5-15(13)21/h2-5,10,12,14H,6-9,11H2,1H3. The minimum Gasteiger partial charge on any atom is -0.355 e. The van der Waals surface area contributed by atoms with E-state index in [1.165, 1.54) is 11.3 Å². The number of anilines is 3. The van der Waals surface area contributed by atoms with Gasteiger partial charge in [-0.3, -0.25) is 0 Å². The molecular formula is C17H20N4O2S. The maximum absolute atomic E-state index is 11.7. The number of rotatable bonds is 3. The van der Waals surface area contributed by atoms with E-state index in [2.05, 4.69) is 33.1 Å². The third kappa shape index (κ3) is 2.73. The van der Waals surface area contributed by atoms with E-state index >= 15 is 0 Å². The van der Waals surface area contributed by atoms with Crippen molar-refractivity contribution in [3.63, 3.8) is 0 Å². The molecule has 24 heavy (non-hydrogen) atoms. The number of hydrogen-bond acceptors (Lipinski definition) is 6. The lowest BCUT2D eigenvalue weighted by atomic mass is 10.2. The first-order valence-electron chi connectivity index (χ1n) is 8.14. The van der Waals surface area contributed by atoms with E-state index in [1.54, 1.807) is 6.33 Å². The molecule has 4 rings (SSSR count). The Morgan fingerprint density at radius 2 is 2.08 bits per heavy atom. The molecule has 0 amide bonds. The Morgan fingerprint density at radius 3 is 2.88 bits per heavy atom. The second-order valence-corrected chi connectivity index (χ2v) is 8.66. The SMILES string of the molecule is CN(c1cc(N2CCc3ccccc32)ncn1)C1CCS(=O)(=O)C1. The van der Waals surface area contributed by atoms with Crippen LogP contribution in [0, 0.1) is 0 Å². The lowest BCUT2D eigenvalue weighted by Gasteiger charge is -2.26. The van der Waals surface area contributed by atoms with E-state index in [0.717, 1.165) is 24.6 Å². The molecule has 0 aliphatic carbocycles. The van der Waals surface area contributed by atoms with Crippen LogP contribution in [0.1, 0.15) is 12.0 Å². The highest BCUT2D eigenvalue weighted by molar-refractivity contribution is 7.91. The predicted octanol–water partition coefficient (Wildman–Crippen LogP) is 1.79. The van der Waals surface area contributed by atoms with E-state index in [-0.39, 0.29) is 17.5 Å². The van der Waals surface area contributed by atoms with Crippen LogP contribution >= 0.6 is 0 Å². The van der Waals surface area contributed by atoms with Crippen molar-refractivity contribution in [1.29, 1.82) is 0 Å². The van der Waals surface area contributed by atoms with Gasteiger partial charge >= 0.3 is 0 Å². The largest absolute Gasteiger partial charge is 0.355 e. The van der Waals surface area contributed by atoms with Crippen molar-refractivity contribution in [2.24, 2.45) is 0 Å². The van der Waals surface area contributed by atoms with E-state index < -0.39 is 9.84 Å². The van der Waals surface area contributed by atoms with Gasteiger partial charge in [0.05, 0.1) is 11.5 Å². The van der Waals surface area contributed by atoms with Crippen LogP contribution in [-0.4, -0.2) is 49.5 Å². The Hall–Kier alpha value is -2.15. The Kier molecular flexibility index (Phi) is 3.68. The number of aromatic nitrogens is 2. The molecule has 0 saturated carbocycles. The number of hydrogen-bond donors (Lipinski definition) is 0. The third-order valence-electron chi connectivity index (χ3n) is 4.92. The zero-order valence-corrected chi connectivity index (χ0v) is 14.4. The van der Waals surface area contributed by atoms with E-state index in [9.17, 15) is 8.42 Å². The highest BCUT2D eigenvalue weighted by atomic mass is 32.2. The molecule has 2 aromatic rings. The molecule has 1 saturated heterocycles. The molecule has 1 aromatic carbocycles. The lowest BCUT2D eigenvalue weighted by molar-refractivity contribution is 0.600. The van der Waals surface area contributed by atoms with Crippen molar-refractivity contribution in [2.75, 3.05) is 34.9 Å². The second kappa shape index (κ2) is 5.73. The number of nitrogens with zero attached hydrogens (tertiary/aromatic N) is 4. The van der Waals surface area contributed by atoms with Crippen LogP contribution in [0.15, 0.2) is 36.7 Å². The maximum Gasteiger partial charge on any atom is 0.152 e. The summed E-state index contributed by atoms with van der Waals surface area (Å²) in [6.07, 6.45) is 3.22. The molecule has 1 atom stereocenters. The molecule has 0 N–H and O–H groups in total. The average molecular weight is 344 g/mol. The zero-order valence-electron chi connectivity index (χ0n) is 13.6. The van der Waals surface area contributed by atoms with E-state index in [4.69, 9.17) is 0 Å². The van der Waals surface area contributed by atoms with Gasteiger partial charge in [-0.15, -0.1) is 0 Å². The first-order chi connectivity index (χ1) is 11.5. The summed E-state index contributed by atoms with van der Waals surface area (Å²) in [5, 5.41) is 0. The van der Waals surface area contributed by atoms with Gasteiger partial charge in [0.25, 0.3) is 0 Å². The topological polar surface area (TPSA) is 66.4 Å². The fourth-order valence-electron chi connectivity index (χ4n) is 3.52. The first kappa shape index (κ1) is 15.4. The van der Waals surface area contributed by atoms with Crippen LogP contribution in [-0.2, 0) is 16.3 Å². The summed E-state index contributed by atoms with van der Waals surface area (Å²) in [6.45, 7) is 0.900. The summed E-state index contributed by atoms with van der Waals surface area (Å²) in [5.41, 5.74) is 2.51. The number of sulfone groups is 1. The van der Waals surface area contributed by atoms with Crippen LogP contribution < -0.4 is 9.80 Å². The molecular weight excluding hydrogens is 324 g/mol. The summed E-state index contributed by atoms with van der Waals surface area (Å²) in [7, 11) is -0.997. The third-order valence-corrected chi connectivity index (χ3v) is 6.67. The van der Waals surface area contributed by atoms with Crippen molar-refractivity contribution in [1.82, 2.24) is 9.97 Å². The van der Waals surface area contributed by atoms with Gasteiger partial charge in [-0.1, -0.05) is 18.2 Å². The molecule has 1 unspecified atom stereocenters. The van der Waals surface area contributed by atoms with Crippen molar-refractivity contribution in [2.45, 2.75) is 18.9 Å². The van der Waals surface area contributed by atoms with Crippen LogP contribution in [0.5, 0.6) is 0 Å². The van der Waals surface area contributed by atoms with Gasteiger partial charge in [0, 0.05) is 31.4 Å². The molecule has 1 fully saturated rings. The number of fused-ring (bicyclic) bond motifs is 1. The van der Waals surface area contributed by atoms with Gasteiger partial charge in [0.2, 0.25) is 0 Å². The van der Waals surface area contributed by atoms with Gasteiger partial charge in [0.1, 0.15) is 18.0 Å². The van der Waals surface area contributed by atoms with Gasteiger partial charge < -0.3 is 9.80 Å². The molecule has 0 bridgehead atoms. The van der Waals surface area contributed by atoms with Crippen molar-refractivity contribution < 1.29 is 8.42 Å². The Bertz CT molecular complexity index is 868. The van der Waals surface area contributed by atoms with Gasteiger partial charge in [0.15, 0.2) is 9.84 Å². The van der Waals surface area contributed by atoms with Crippen LogP contribution in [0.3, 0.4) is 0 Å². The van der Waals surface area contributed by atoms with E-state index in [0.29, 0.717) is 6.42 Å². The van der Waals surface area contributed by atoms with Gasteiger partial charge in [-0.25, -0.2) is 18.4 Å². The zero-order chi connectivity index (χ0) is 16.7. The molecule has 7 heteroatoms. The van der Waals surface area contributed by atoms with Gasteiger partial charge in [-0.05, 0) is 24.5 Å². The Balaban J connectivity index is 1.61. The fraction of sp³-hybridized carbons (Fsp3) is 0.412. The van der Waals surface area contributed by atoms with Gasteiger partial charge in [-0.2, -0.15) is 0 Å². The summed E-state index contributed by atoms with van der Waals surface area (Å²) in [4.78, 5) is 12.9. The molecule has 2 aliphatic heterocycles. The lowest BCUT2D eigenvalue weighted by Crippen LogP contribution is -2.33. The molecule has 0 radical (unpaired) electrons. The second-order valence-electron chi connectivity index (χ2n) is 6.43. The molecule has 0 spiro atoms. The minimum atomic E-state index is -2.91. The van der Waals surface area contributed by atoms with Crippen molar-refractivity contribution in [3.8, 4) is 0 Å². The smallest absolute Gasteiger partial charge is 0.152 e. The highest BCUT2D eigenvalue weighted by Gasteiger charge is 2.31. The molecule has 126 valence electrons. The molecule has 6 nitrogen and oxygen atoms in total. The van der Waals surface area contributed by atoms with Crippen molar-refractivity contribution in [3.05, 3.63) is 42.2 Å². The maximum atomic E-state index is 11.7. The molecule has 3 heterocycles. The summed E-state index contributed by atoms with van der Waals surface area (Å²) in [6, 6.07) is 10.3.